The van der Waals surface area contributed by atoms with E-state index in [2.05, 4.69) is 29.5 Å². The number of hydrogen-bond donors (Lipinski definition) is 2. The number of urea groups is 1. The van der Waals surface area contributed by atoms with E-state index in [9.17, 15) is 4.79 Å². The van der Waals surface area contributed by atoms with E-state index >= 15 is 0 Å². The molecule has 4 nitrogen and oxygen atoms in total. The van der Waals surface area contributed by atoms with E-state index in [4.69, 9.17) is 0 Å². The van der Waals surface area contributed by atoms with Gasteiger partial charge in [-0.3, -0.25) is 5.32 Å². The predicted octanol–water partition coefficient (Wildman–Crippen LogP) is 2.12. The van der Waals surface area contributed by atoms with Gasteiger partial charge in [0.1, 0.15) is 0 Å². The first-order chi connectivity index (χ1) is 7.03. The number of carbonyl (C=O) groups excluding carboxylic acids is 1. The Kier molecular flexibility index (Phi) is 2.42. The standard InChI is InChI=1S/C10H15N3OS/c1-10(2)5-4-6-7(10)12-9(15-6)13-8(14)11-3/h4-5H2,1-3H3,(H2,11,12,13,14). The smallest absolute Gasteiger partial charge is 0.320 e. The highest BCUT2D eigenvalue weighted by Gasteiger charge is 2.33. The summed E-state index contributed by atoms with van der Waals surface area (Å²) in [5.41, 5.74) is 1.31. The van der Waals surface area contributed by atoms with E-state index in [1.54, 1.807) is 18.4 Å². The Morgan fingerprint density at radius 2 is 2.27 bits per heavy atom. The number of fused-ring (bicyclic) bond motifs is 1. The first kappa shape index (κ1) is 10.4. The minimum Gasteiger partial charge on any atom is -0.341 e. The second-order valence-corrected chi connectivity index (χ2v) is 5.46. The number of nitrogens with zero attached hydrogens (tertiary/aromatic N) is 1. The molecule has 0 saturated heterocycles. The largest absolute Gasteiger partial charge is 0.341 e. The number of aryl methyl sites for hydroxylation is 1. The number of aromatic nitrogens is 1. The maximum Gasteiger partial charge on any atom is 0.320 e. The van der Waals surface area contributed by atoms with Crippen molar-refractivity contribution in [3.63, 3.8) is 0 Å². The third-order valence-electron chi connectivity index (χ3n) is 2.76. The van der Waals surface area contributed by atoms with Crippen LogP contribution in [0.3, 0.4) is 0 Å². The van der Waals surface area contributed by atoms with Crippen LogP contribution in [0, 0.1) is 0 Å². The van der Waals surface area contributed by atoms with Crippen LogP contribution >= 0.6 is 11.3 Å². The minimum atomic E-state index is -0.208. The number of nitrogens with one attached hydrogen (secondary N) is 2. The molecule has 0 bridgehead atoms. The Morgan fingerprint density at radius 1 is 1.53 bits per heavy atom. The van der Waals surface area contributed by atoms with Gasteiger partial charge in [-0.25, -0.2) is 9.78 Å². The van der Waals surface area contributed by atoms with E-state index in [0.29, 0.717) is 5.13 Å². The van der Waals surface area contributed by atoms with Gasteiger partial charge in [-0.1, -0.05) is 13.8 Å². The Bertz CT molecular complexity index is 397. The first-order valence-corrected chi connectivity index (χ1v) is 5.83. The van der Waals surface area contributed by atoms with E-state index in [0.717, 1.165) is 18.5 Å². The van der Waals surface area contributed by atoms with Crippen LogP contribution in [0.2, 0.25) is 0 Å². The molecular formula is C10H15N3OS. The molecular weight excluding hydrogens is 210 g/mol. The Balaban J connectivity index is 2.22. The van der Waals surface area contributed by atoms with Crippen LogP contribution in [0.25, 0.3) is 0 Å². The molecule has 15 heavy (non-hydrogen) atoms. The molecule has 1 aromatic rings. The SMILES string of the molecule is CNC(=O)Nc1nc2c(s1)CCC2(C)C. The number of anilines is 1. The maximum atomic E-state index is 11.1. The molecule has 1 heterocycles. The van der Waals surface area contributed by atoms with Gasteiger partial charge in [-0.2, -0.15) is 0 Å². The van der Waals surface area contributed by atoms with Crippen LogP contribution < -0.4 is 10.6 Å². The van der Waals surface area contributed by atoms with E-state index in [1.807, 2.05) is 0 Å². The van der Waals surface area contributed by atoms with Crippen molar-refractivity contribution in [3.05, 3.63) is 10.6 Å². The van der Waals surface area contributed by atoms with Crippen molar-refractivity contribution >= 4 is 22.5 Å². The minimum absolute atomic E-state index is 0.161. The Hall–Kier alpha value is -1.10. The van der Waals surface area contributed by atoms with Crippen molar-refractivity contribution in [2.75, 3.05) is 12.4 Å². The van der Waals surface area contributed by atoms with Crippen molar-refractivity contribution in [2.24, 2.45) is 0 Å². The highest BCUT2D eigenvalue weighted by atomic mass is 32.1. The highest BCUT2D eigenvalue weighted by molar-refractivity contribution is 7.16. The number of amides is 2. The molecule has 2 amide bonds. The molecule has 0 fully saturated rings. The van der Waals surface area contributed by atoms with Crippen LogP contribution in [0.1, 0.15) is 30.8 Å². The monoisotopic (exact) mass is 225 g/mol. The second kappa shape index (κ2) is 3.48. The van der Waals surface area contributed by atoms with Crippen LogP contribution in [-0.4, -0.2) is 18.1 Å². The third kappa shape index (κ3) is 1.84. The molecule has 0 spiro atoms. The molecule has 1 aromatic heterocycles. The van der Waals surface area contributed by atoms with Crippen LogP contribution in [0.15, 0.2) is 0 Å². The molecule has 0 radical (unpaired) electrons. The maximum absolute atomic E-state index is 11.1. The highest BCUT2D eigenvalue weighted by Crippen LogP contribution is 2.41. The summed E-state index contributed by atoms with van der Waals surface area (Å²) in [5.74, 6) is 0. The molecule has 1 aliphatic carbocycles. The van der Waals surface area contributed by atoms with Gasteiger partial charge in [0.05, 0.1) is 5.69 Å². The van der Waals surface area contributed by atoms with Crippen molar-refractivity contribution < 1.29 is 4.79 Å². The van der Waals surface area contributed by atoms with E-state index in [-0.39, 0.29) is 11.4 Å². The third-order valence-corrected chi connectivity index (χ3v) is 3.79. The number of thiazole rings is 1. The van der Waals surface area contributed by atoms with E-state index < -0.39 is 0 Å². The van der Waals surface area contributed by atoms with Crippen LogP contribution in [-0.2, 0) is 11.8 Å². The fraction of sp³-hybridized carbons (Fsp3) is 0.600. The zero-order valence-corrected chi connectivity index (χ0v) is 9.99. The number of hydrogen-bond acceptors (Lipinski definition) is 3. The Labute approximate surface area is 93.1 Å². The lowest BCUT2D eigenvalue weighted by molar-refractivity contribution is 0.254. The second-order valence-electron chi connectivity index (χ2n) is 4.38. The van der Waals surface area contributed by atoms with Crippen molar-refractivity contribution in [1.82, 2.24) is 10.3 Å². The summed E-state index contributed by atoms with van der Waals surface area (Å²) in [6.45, 7) is 4.39. The molecule has 0 aliphatic heterocycles. The van der Waals surface area contributed by atoms with Gasteiger partial charge < -0.3 is 5.32 Å². The quantitative estimate of drug-likeness (QED) is 0.769. The van der Waals surface area contributed by atoms with Gasteiger partial charge in [-0.15, -0.1) is 11.3 Å². The average molecular weight is 225 g/mol. The van der Waals surface area contributed by atoms with Crippen molar-refractivity contribution in [3.8, 4) is 0 Å². The van der Waals surface area contributed by atoms with E-state index in [1.165, 1.54) is 4.88 Å². The number of carbonyl (C=O) groups is 1. The van der Waals surface area contributed by atoms with Gasteiger partial charge in [0.25, 0.3) is 0 Å². The van der Waals surface area contributed by atoms with Gasteiger partial charge in [-0.05, 0) is 12.8 Å². The molecule has 2 rings (SSSR count). The molecule has 0 unspecified atom stereocenters. The zero-order chi connectivity index (χ0) is 11.1. The summed E-state index contributed by atoms with van der Waals surface area (Å²) in [4.78, 5) is 16.9. The first-order valence-electron chi connectivity index (χ1n) is 5.02. The molecule has 0 saturated carbocycles. The average Bonchev–Trinajstić information content (AvgIpc) is 2.68. The van der Waals surface area contributed by atoms with Crippen LogP contribution in [0.4, 0.5) is 9.93 Å². The molecule has 0 atom stereocenters. The summed E-state index contributed by atoms with van der Waals surface area (Å²) < 4.78 is 0. The molecule has 5 heteroatoms. The van der Waals surface area contributed by atoms with Gasteiger partial charge in [0, 0.05) is 17.3 Å². The van der Waals surface area contributed by atoms with Gasteiger partial charge >= 0.3 is 6.03 Å². The predicted molar refractivity (Wildman–Crippen MR) is 61.5 cm³/mol. The Morgan fingerprint density at radius 3 is 2.87 bits per heavy atom. The summed E-state index contributed by atoms with van der Waals surface area (Å²) in [6, 6.07) is -0.208. The van der Waals surface area contributed by atoms with Gasteiger partial charge in [0.2, 0.25) is 0 Å². The number of rotatable bonds is 1. The summed E-state index contributed by atoms with van der Waals surface area (Å²) in [5, 5.41) is 5.93. The van der Waals surface area contributed by atoms with Gasteiger partial charge in [0.15, 0.2) is 5.13 Å². The fourth-order valence-corrected chi connectivity index (χ4v) is 2.94. The lowest BCUT2D eigenvalue weighted by Gasteiger charge is -2.15. The normalized spacial score (nSPS) is 17.3. The summed E-state index contributed by atoms with van der Waals surface area (Å²) >= 11 is 1.58. The lowest BCUT2D eigenvalue weighted by Crippen LogP contribution is -2.24. The molecule has 2 N–H and O–H groups in total. The molecule has 1 aliphatic rings. The molecule has 82 valence electrons. The summed E-state index contributed by atoms with van der Waals surface area (Å²) in [7, 11) is 1.60. The van der Waals surface area contributed by atoms with Crippen molar-refractivity contribution in [1.29, 1.82) is 0 Å². The van der Waals surface area contributed by atoms with Crippen molar-refractivity contribution in [2.45, 2.75) is 32.1 Å². The topological polar surface area (TPSA) is 54.0 Å². The lowest BCUT2D eigenvalue weighted by atomic mass is 9.91. The molecule has 0 aromatic carbocycles. The summed E-state index contributed by atoms with van der Waals surface area (Å²) in [6.07, 6.45) is 2.23. The fourth-order valence-electron chi connectivity index (χ4n) is 1.81. The zero-order valence-electron chi connectivity index (χ0n) is 9.18. The van der Waals surface area contributed by atoms with Crippen LogP contribution in [0.5, 0.6) is 0 Å².